The molecule has 9 rings (SSSR count). The standard InChI is InChI=1S/C50H48N2/c1-30-24-39(25-31(2)34(30)5)48-44-21-19-41(52-23-11-15-36-12-7-8-17-47(36)52)29-46(44)49(40-26-32(3)35(6)33(4)27-40)43-20-18-38(28-45(43)48)42-16-9-13-37-14-10-22-51-50(37)42/h7-9,12-13,16-21,24-29,51H,10-11,14-15,22-23H2,1-6H3. The Morgan fingerprint density at radius 2 is 1.10 bits per heavy atom. The van der Waals surface area contributed by atoms with Crippen LogP contribution in [0, 0.1) is 41.5 Å². The lowest BCUT2D eigenvalue weighted by Crippen LogP contribution is -2.24. The molecule has 1 N–H and O–H groups in total. The van der Waals surface area contributed by atoms with Crippen LogP contribution in [0.15, 0.2) is 103 Å². The molecule has 0 fully saturated rings. The van der Waals surface area contributed by atoms with E-state index in [9.17, 15) is 0 Å². The van der Waals surface area contributed by atoms with Gasteiger partial charge in [0.15, 0.2) is 0 Å². The predicted molar refractivity (Wildman–Crippen MR) is 225 cm³/mol. The second-order valence-electron chi connectivity index (χ2n) is 15.5. The molecular weight excluding hydrogens is 629 g/mol. The monoisotopic (exact) mass is 676 g/mol. The largest absolute Gasteiger partial charge is 0.384 e. The molecule has 52 heavy (non-hydrogen) atoms. The smallest absolute Gasteiger partial charge is 0.0452 e. The van der Waals surface area contributed by atoms with Crippen LogP contribution in [0.2, 0.25) is 0 Å². The predicted octanol–water partition coefficient (Wildman–Crippen LogP) is 13.3. The van der Waals surface area contributed by atoms with E-state index in [1.165, 1.54) is 123 Å². The molecule has 0 saturated carbocycles. The first-order valence-corrected chi connectivity index (χ1v) is 19.2. The molecule has 2 heteroatoms. The zero-order valence-electron chi connectivity index (χ0n) is 31.5. The Morgan fingerprint density at radius 1 is 0.500 bits per heavy atom. The molecular formula is C50H48N2. The van der Waals surface area contributed by atoms with E-state index in [-0.39, 0.29) is 0 Å². The number of benzene rings is 7. The summed E-state index contributed by atoms with van der Waals surface area (Å²) in [6.45, 7) is 15.6. The van der Waals surface area contributed by atoms with Crippen LogP contribution in [-0.4, -0.2) is 13.1 Å². The van der Waals surface area contributed by atoms with Crippen LogP contribution in [0.5, 0.6) is 0 Å². The fraction of sp³-hybridized carbons (Fsp3) is 0.240. The number of nitrogens with zero attached hydrogens (tertiary/aromatic N) is 1. The number of nitrogens with one attached hydrogen (secondary N) is 1. The Labute approximate surface area is 309 Å². The highest BCUT2D eigenvalue weighted by atomic mass is 15.1. The van der Waals surface area contributed by atoms with Gasteiger partial charge in [-0.15, -0.1) is 0 Å². The minimum Gasteiger partial charge on any atom is -0.384 e. The maximum absolute atomic E-state index is 3.77. The van der Waals surface area contributed by atoms with Crippen molar-refractivity contribution in [2.24, 2.45) is 0 Å². The van der Waals surface area contributed by atoms with Gasteiger partial charge < -0.3 is 10.2 Å². The molecule has 2 aliphatic heterocycles. The van der Waals surface area contributed by atoms with Gasteiger partial charge >= 0.3 is 0 Å². The van der Waals surface area contributed by atoms with E-state index in [2.05, 4.69) is 155 Å². The number of fused-ring (bicyclic) bond motifs is 4. The van der Waals surface area contributed by atoms with E-state index in [4.69, 9.17) is 0 Å². The summed E-state index contributed by atoms with van der Waals surface area (Å²) in [5, 5.41) is 9.00. The van der Waals surface area contributed by atoms with Crippen molar-refractivity contribution < 1.29 is 0 Å². The minimum atomic E-state index is 1.02. The van der Waals surface area contributed by atoms with Gasteiger partial charge in [0.1, 0.15) is 0 Å². The molecule has 0 unspecified atom stereocenters. The number of rotatable bonds is 4. The third kappa shape index (κ3) is 5.31. The Hall–Kier alpha value is -5.34. The quantitative estimate of drug-likeness (QED) is 0.187. The van der Waals surface area contributed by atoms with Crippen LogP contribution >= 0.6 is 0 Å². The van der Waals surface area contributed by atoms with Crippen molar-refractivity contribution in [1.29, 1.82) is 0 Å². The van der Waals surface area contributed by atoms with Crippen molar-refractivity contribution in [3.8, 4) is 33.4 Å². The third-order valence-electron chi connectivity index (χ3n) is 12.3. The van der Waals surface area contributed by atoms with Crippen molar-refractivity contribution in [3.05, 3.63) is 148 Å². The van der Waals surface area contributed by atoms with Gasteiger partial charge in [-0.3, -0.25) is 0 Å². The number of aryl methyl sites for hydroxylation is 6. The molecule has 0 saturated heterocycles. The molecule has 0 atom stereocenters. The first-order chi connectivity index (χ1) is 25.3. The molecule has 7 aromatic carbocycles. The topological polar surface area (TPSA) is 15.3 Å². The molecule has 0 spiro atoms. The first kappa shape index (κ1) is 32.6. The van der Waals surface area contributed by atoms with E-state index in [0.29, 0.717) is 0 Å². The molecule has 7 aromatic rings. The SMILES string of the molecule is Cc1cc(-c2c3ccc(N4CCCc5ccccc54)cc3c(-c3cc(C)c(C)c(C)c3)c3ccc(-c4cccc5c4NCCC5)cc23)cc(C)c1C. The Balaban J connectivity index is 1.41. The number of para-hydroxylation sites is 2. The average molecular weight is 677 g/mol. The number of anilines is 3. The lowest BCUT2D eigenvalue weighted by Gasteiger charge is -2.32. The maximum atomic E-state index is 3.77. The Kier molecular flexibility index (Phi) is 7.96. The maximum Gasteiger partial charge on any atom is 0.0452 e. The van der Waals surface area contributed by atoms with Crippen LogP contribution in [0.25, 0.3) is 54.9 Å². The molecule has 2 aliphatic rings. The van der Waals surface area contributed by atoms with Crippen molar-refractivity contribution in [3.63, 3.8) is 0 Å². The zero-order valence-corrected chi connectivity index (χ0v) is 31.5. The summed E-state index contributed by atoms with van der Waals surface area (Å²) in [4.78, 5) is 2.55. The summed E-state index contributed by atoms with van der Waals surface area (Å²) in [5.41, 5.74) is 22.7. The van der Waals surface area contributed by atoms with Gasteiger partial charge in [-0.25, -0.2) is 0 Å². The number of hydrogen-bond donors (Lipinski definition) is 1. The lowest BCUT2D eigenvalue weighted by molar-refractivity contribution is 0.767. The van der Waals surface area contributed by atoms with Gasteiger partial charge in [-0.05, 0) is 185 Å². The zero-order chi connectivity index (χ0) is 35.7. The molecule has 0 aliphatic carbocycles. The lowest BCUT2D eigenvalue weighted by atomic mass is 9.82. The summed E-state index contributed by atoms with van der Waals surface area (Å²) in [5.74, 6) is 0. The molecule has 2 nitrogen and oxygen atoms in total. The van der Waals surface area contributed by atoms with Crippen LogP contribution in [-0.2, 0) is 12.8 Å². The highest BCUT2D eigenvalue weighted by Crippen LogP contribution is 2.48. The van der Waals surface area contributed by atoms with Gasteiger partial charge in [-0.1, -0.05) is 78.9 Å². The van der Waals surface area contributed by atoms with E-state index < -0.39 is 0 Å². The second-order valence-corrected chi connectivity index (χ2v) is 15.5. The van der Waals surface area contributed by atoms with Crippen molar-refractivity contribution in [2.45, 2.75) is 67.2 Å². The summed E-state index contributed by atoms with van der Waals surface area (Å²) in [6, 6.07) is 40.1. The van der Waals surface area contributed by atoms with Crippen molar-refractivity contribution in [1.82, 2.24) is 0 Å². The molecule has 2 heterocycles. The fourth-order valence-corrected chi connectivity index (χ4v) is 9.09. The van der Waals surface area contributed by atoms with Crippen molar-refractivity contribution >= 4 is 38.6 Å². The van der Waals surface area contributed by atoms with Crippen LogP contribution in [0.4, 0.5) is 17.1 Å². The molecule has 0 aromatic heterocycles. The molecule has 0 radical (unpaired) electrons. The second kappa shape index (κ2) is 12.7. The number of hydrogen-bond acceptors (Lipinski definition) is 2. The van der Waals surface area contributed by atoms with Crippen LogP contribution in [0.3, 0.4) is 0 Å². The van der Waals surface area contributed by atoms with E-state index in [0.717, 1.165) is 32.4 Å². The summed E-state index contributed by atoms with van der Waals surface area (Å²) in [6.07, 6.45) is 4.60. The molecule has 0 bridgehead atoms. The molecule has 0 amide bonds. The Bertz CT molecular complexity index is 2520. The van der Waals surface area contributed by atoms with Gasteiger partial charge in [-0.2, -0.15) is 0 Å². The first-order valence-electron chi connectivity index (χ1n) is 19.2. The van der Waals surface area contributed by atoms with E-state index in [1.54, 1.807) is 0 Å². The fourth-order valence-electron chi connectivity index (χ4n) is 9.09. The van der Waals surface area contributed by atoms with Gasteiger partial charge in [0.05, 0.1) is 0 Å². The van der Waals surface area contributed by atoms with Gasteiger partial charge in [0.25, 0.3) is 0 Å². The summed E-state index contributed by atoms with van der Waals surface area (Å²) >= 11 is 0. The molecule has 258 valence electrons. The Morgan fingerprint density at radius 3 is 1.79 bits per heavy atom. The minimum absolute atomic E-state index is 1.02. The average Bonchev–Trinajstić information content (AvgIpc) is 3.16. The van der Waals surface area contributed by atoms with Crippen molar-refractivity contribution in [2.75, 3.05) is 23.3 Å². The van der Waals surface area contributed by atoms with Gasteiger partial charge in [0.2, 0.25) is 0 Å². The van der Waals surface area contributed by atoms with Crippen LogP contribution < -0.4 is 10.2 Å². The highest BCUT2D eigenvalue weighted by Gasteiger charge is 2.23. The van der Waals surface area contributed by atoms with E-state index in [1.807, 2.05) is 0 Å². The highest BCUT2D eigenvalue weighted by molar-refractivity contribution is 6.22. The summed E-state index contributed by atoms with van der Waals surface area (Å²) in [7, 11) is 0. The van der Waals surface area contributed by atoms with Gasteiger partial charge in [0, 0.05) is 35.7 Å². The normalized spacial score (nSPS) is 14.0. The van der Waals surface area contributed by atoms with E-state index >= 15 is 0 Å². The van der Waals surface area contributed by atoms with Crippen LogP contribution in [0.1, 0.15) is 57.3 Å². The third-order valence-corrected chi connectivity index (χ3v) is 12.3. The summed E-state index contributed by atoms with van der Waals surface area (Å²) < 4.78 is 0.